The van der Waals surface area contributed by atoms with Crippen LogP contribution in [0.15, 0.2) is 59.1 Å². The van der Waals surface area contributed by atoms with Gasteiger partial charge in [-0.15, -0.1) is 4.57 Å². The first-order chi connectivity index (χ1) is 9.33. The van der Waals surface area contributed by atoms with Crippen molar-refractivity contribution in [1.82, 2.24) is 0 Å². The van der Waals surface area contributed by atoms with Crippen molar-refractivity contribution in [3.8, 4) is 34.6 Å². The molecule has 0 amide bonds. The van der Waals surface area contributed by atoms with Gasteiger partial charge >= 0.3 is 0 Å². The molecule has 1 aromatic heterocycles. The first-order valence-electron chi connectivity index (χ1n) is 5.92. The van der Waals surface area contributed by atoms with E-state index in [1.165, 1.54) is 6.20 Å². The Bertz CT molecular complexity index is 714. The van der Waals surface area contributed by atoms with Gasteiger partial charge in [0.25, 0.3) is 11.6 Å². The molecule has 0 bridgehead atoms. The minimum absolute atomic E-state index is 0.374. The van der Waals surface area contributed by atoms with Crippen molar-refractivity contribution in [2.75, 3.05) is 0 Å². The molecule has 19 heavy (non-hydrogen) atoms. The van der Waals surface area contributed by atoms with Crippen LogP contribution in [0.5, 0.6) is 17.4 Å². The van der Waals surface area contributed by atoms with Crippen LogP contribution in [0.1, 0.15) is 0 Å². The number of ether oxygens (including phenoxy) is 1. The SMILES string of the molecule is [O-]c1c[n+]2c(o1)-c1ccccc1Oc1ccccc1-2. The van der Waals surface area contributed by atoms with E-state index < -0.39 is 0 Å². The predicted molar refractivity (Wildman–Crippen MR) is 65.2 cm³/mol. The molecule has 2 heterocycles. The van der Waals surface area contributed by atoms with Crippen molar-refractivity contribution in [3.63, 3.8) is 0 Å². The first-order valence-corrected chi connectivity index (χ1v) is 5.92. The Balaban J connectivity index is 2.12. The molecule has 4 rings (SSSR count). The van der Waals surface area contributed by atoms with E-state index in [2.05, 4.69) is 0 Å². The molecule has 3 aromatic rings. The second-order valence-electron chi connectivity index (χ2n) is 4.29. The van der Waals surface area contributed by atoms with Crippen molar-refractivity contribution in [3.05, 3.63) is 54.7 Å². The summed E-state index contributed by atoms with van der Waals surface area (Å²) in [5.74, 6) is 1.49. The molecule has 92 valence electrons. The van der Waals surface area contributed by atoms with Gasteiger partial charge in [0, 0.05) is 6.07 Å². The minimum atomic E-state index is -0.374. The van der Waals surface area contributed by atoms with Gasteiger partial charge in [-0.3, -0.25) is 0 Å². The van der Waals surface area contributed by atoms with Gasteiger partial charge in [0.1, 0.15) is 11.7 Å². The van der Waals surface area contributed by atoms with E-state index in [0.717, 1.165) is 11.3 Å². The molecular weight excluding hydrogens is 242 g/mol. The largest absolute Gasteiger partial charge is 0.540 e. The summed E-state index contributed by atoms with van der Waals surface area (Å²) < 4.78 is 12.9. The first kappa shape index (κ1) is 10.2. The fourth-order valence-electron chi connectivity index (χ4n) is 2.29. The molecule has 0 unspecified atom stereocenters. The van der Waals surface area contributed by atoms with E-state index in [1.54, 1.807) is 4.57 Å². The van der Waals surface area contributed by atoms with Gasteiger partial charge in [0.2, 0.25) is 0 Å². The molecule has 1 aliphatic rings. The summed E-state index contributed by atoms with van der Waals surface area (Å²) in [4.78, 5) is 0. The van der Waals surface area contributed by atoms with E-state index in [-0.39, 0.29) is 5.95 Å². The highest BCUT2D eigenvalue weighted by molar-refractivity contribution is 5.64. The summed E-state index contributed by atoms with van der Waals surface area (Å²) in [6.45, 7) is 0. The average Bonchev–Trinajstić information content (AvgIpc) is 2.76. The molecule has 0 saturated heterocycles. The Hall–Kier alpha value is -2.75. The van der Waals surface area contributed by atoms with Gasteiger partial charge in [0.05, 0.1) is 5.56 Å². The zero-order valence-electron chi connectivity index (χ0n) is 9.87. The van der Waals surface area contributed by atoms with Crippen LogP contribution in [-0.2, 0) is 0 Å². The molecule has 2 aromatic carbocycles. The number of aromatic nitrogens is 1. The lowest BCUT2D eigenvalue weighted by molar-refractivity contribution is -0.587. The average molecular weight is 251 g/mol. The quantitative estimate of drug-likeness (QED) is 0.451. The Kier molecular flexibility index (Phi) is 1.94. The molecule has 0 N–H and O–H groups in total. The number of hydrogen-bond acceptors (Lipinski definition) is 3. The Morgan fingerprint density at radius 3 is 2.53 bits per heavy atom. The number of benzene rings is 2. The Morgan fingerprint density at radius 2 is 1.63 bits per heavy atom. The topological polar surface area (TPSA) is 49.3 Å². The van der Waals surface area contributed by atoms with Crippen LogP contribution >= 0.6 is 0 Å². The number of rotatable bonds is 0. The maximum atomic E-state index is 11.6. The summed E-state index contributed by atoms with van der Waals surface area (Å²) in [5, 5.41) is 11.6. The van der Waals surface area contributed by atoms with Gasteiger partial charge in [0.15, 0.2) is 11.9 Å². The fourth-order valence-corrected chi connectivity index (χ4v) is 2.29. The van der Waals surface area contributed by atoms with E-state index >= 15 is 0 Å². The number of para-hydroxylation sites is 3. The summed E-state index contributed by atoms with van der Waals surface area (Å²) in [6.07, 6.45) is 1.43. The highest BCUT2D eigenvalue weighted by atomic mass is 16.5. The maximum absolute atomic E-state index is 11.6. The van der Waals surface area contributed by atoms with Gasteiger partial charge in [-0.2, -0.15) is 0 Å². The van der Waals surface area contributed by atoms with Crippen LogP contribution < -0.4 is 14.4 Å². The van der Waals surface area contributed by atoms with E-state index in [1.807, 2.05) is 48.5 Å². The van der Waals surface area contributed by atoms with Gasteiger partial charge in [-0.25, -0.2) is 0 Å². The molecule has 4 heteroatoms. The van der Waals surface area contributed by atoms with Crippen LogP contribution in [0.2, 0.25) is 0 Å². The standard InChI is InChI=1S/C15H9NO3/c17-14-9-16-11-6-2-4-8-13(11)18-12-7-3-1-5-10(12)15(16)19-14/h1-9H. The Labute approximate surface area is 109 Å². The fraction of sp³-hybridized carbons (Fsp3) is 0. The summed E-state index contributed by atoms with van der Waals surface area (Å²) in [7, 11) is 0. The van der Waals surface area contributed by atoms with Crippen molar-refractivity contribution < 1.29 is 18.8 Å². The predicted octanol–water partition coefficient (Wildman–Crippen LogP) is 2.40. The zero-order valence-corrected chi connectivity index (χ0v) is 9.87. The maximum Gasteiger partial charge on any atom is 0.279 e. The molecular formula is C15H9NO3. The molecule has 0 radical (unpaired) electrons. The lowest BCUT2D eigenvalue weighted by Crippen LogP contribution is -2.29. The zero-order chi connectivity index (χ0) is 12.8. The molecule has 4 nitrogen and oxygen atoms in total. The van der Waals surface area contributed by atoms with Crippen LogP contribution in [-0.4, -0.2) is 0 Å². The van der Waals surface area contributed by atoms with Crippen LogP contribution in [0.4, 0.5) is 0 Å². The van der Waals surface area contributed by atoms with Gasteiger partial charge in [-0.05, 0) is 18.2 Å². The number of hydrogen-bond donors (Lipinski definition) is 0. The summed E-state index contributed by atoms with van der Waals surface area (Å²) in [6, 6.07) is 15.0. The monoisotopic (exact) mass is 251 g/mol. The van der Waals surface area contributed by atoms with Crippen molar-refractivity contribution >= 4 is 0 Å². The highest BCUT2D eigenvalue weighted by Crippen LogP contribution is 2.38. The number of fused-ring (bicyclic) bond motifs is 5. The van der Waals surface area contributed by atoms with E-state index in [0.29, 0.717) is 17.4 Å². The molecule has 0 fully saturated rings. The third-order valence-electron chi connectivity index (χ3n) is 3.11. The molecule has 0 saturated carbocycles. The van der Waals surface area contributed by atoms with Crippen LogP contribution in [0, 0.1) is 0 Å². The van der Waals surface area contributed by atoms with E-state index in [9.17, 15) is 5.11 Å². The lowest BCUT2D eigenvalue weighted by Gasteiger charge is -2.05. The summed E-state index contributed by atoms with van der Waals surface area (Å²) in [5.41, 5.74) is 1.56. The molecule has 0 aliphatic carbocycles. The van der Waals surface area contributed by atoms with Crippen LogP contribution in [0.25, 0.3) is 17.1 Å². The van der Waals surface area contributed by atoms with Crippen molar-refractivity contribution in [2.45, 2.75) is 0 Å². The third-order valence-corrected chi connectivity index (χ3v) is 3.11. The summed E-state index contributed by atoms with van der Waals surface area (Å²) >= 11 is 0. The molecule has 0 spiro atoms. The smallest absolute Gasteiger partial charge is 0.279 e. The second kappa shape index (κ2) is 3.62. The van der Waals surface area contributed by atoms with Gasteiger partial charge in [-0.1, -0.05) is 24.3 Å². The highest BCUT2D eigenvalue weighted by Gasteiger charge is 2.27. The Morgan fingerprint density at radius 1 is 0.895 bits per heavy atom. The molecule has 0 atom stereocenters. The second-order valence-corrected chi connectivity index (χ2v) is 4.29. The van der Waals surface area contributed by atoms with E-state index in [4.69, 9.17) is 9.15 Å². The molecule has 1 aliphatic heterocycles. The van der Waals surface area contributed by atoms with Crippen molar-refractivity contribution in [1.29, 1.82) is 0 Å². The third kappa shape index (κ3) is 1.43. The minimum Gasteiger partial charge on any atom is -0.540 e. The normalized spacial score (nSPS) is 11.8. The lowest BCUT2D eigenvalue weighted by atomic mass is 10.2. The van der Waals surface area contributed by atoms with Gasteiger partial charge < -0.3 is 14.3 Å². The number of oxazole rings is 1. The van der Waals surface area contributed by atoms with Crippen LogP contribution in [0.3, 0.4) is 0 Å². The van der Waals surface area contributed by atoms with Crippen molar-refractivity contribution in [2.24, 2.45) is 0 Å². The number of nitrogens with zero attached hydrogens (tertiary/aromatic N) is 1.